The first-order chi connectivity index (χ1) is 65.8. The molecule has 5 atom stereocenters. The molecule has 0 aliphatic heterocycles. The Labute approximate surface area is 799 Å². The summed E-state index contributed by atoms with van der Waals surface area (Å²) < 4.78 is 63.9. The van der Waals surface area contributed by atoms with E-state index in [2.05, 4.69) is 197 Å². The number of benzene rings is 15. The van der Waals surface area contributed by atoms with Crippen LogP contribution in [0.5, 0.6) is 63.2 Å². The number of ether oxygens (including phenoxy) is 11. The van der Waals surface area contributed by atoms with E-state index in [1.165, 1.54) is 37.6 Å². The summed E-state index contributed by atoms with van der Waals surface area (Å²) in [5.74, 6) is 8.73. The van der Waals surface area contributed by atoms with Crippen LogP contribution < -0.4 is 105 Å². The number of aryl methyl sites for hydroxylation is 2. The third-order valence-electron chi connectivity index (χ3n) is 20.5. The van der Waals surface area contributed by atoms with Crippen LogP contribution in [0.2, 0.25) is 0 Å². The third-order valence-corrected chi connectivity index (χ3v) is 27.6. The Morgan fingerprint density at radius 3 is 0.910 bits per heavy atom. The van der Waals surface area contributed by atoms with Crippen molar-refractivity contribution in [2.45, 2.75) is 46.9 Å². The quantitative estimate of drug-likeness (QED) is 0.0271. The predicted molar refractivity (Wildman–Crippen MR) is 573 cm³/mol. The molecule has 0 aliphatic carbocycles. The zero-order valence-electron chi connectivity index (χ0n) is 78.1. The molecule has 16 nitrogen and oxygen atoms in total. The van der Waals surface area contributed by atoms with Crippen molar-refractivity contribution in [3.8, 4) is 63.2 Å². The van der Waals surface area contributed by atoms with E-state index < -0.39 is 0 Å². The van der Waals surface area contributed by atoms with Crippen LogP contribution in [0.15, 0.2) is 371 Å². The topological polar surface area (TPSA) is 163 Å². The normalized spacial score (nSPS) is 11.3. The molecular formula is C113H116N5O11P5. The van der Waals surface area contributed by atoms with Gasteiger partial charge in [-0.3, -0.25) is 25.0 Å². The van der Waals surface area contributed by atoms with E-state index in [0.29, 0.717) is 81.7 Å². The highest BCUT2D eigenvalue weighted by molar-refractivity contribution is 7.57. The first kappa shape index (κ1) is 101. The molecule has 15 aromatic rings. The Balaban J connectivity index is 0.000000161. The van der Waals surface area contributed by atoms with Gasteiger partial charge in [0.1, 0.15) is 61.8 Å². The van der Waals surface area contributed by atoms with Crippen molar-refractivity contribution in [1.29, 1.82) is 0 Å². The molecule has 21 heteroatoms. The Kier molecular flexibility index (Phi) is 42.1. The molecule has 0 saturated carbocycles. The van der Waals surface area contributed by atoms with Crippen LogP contribution >= 0.6 is 42.9 Å². The average molecular weight is 1880 g/mol. The monoisotopic (exact) mass is 1870 g/mol. The maximum absolute atomic E-state index is 6.21. The van der Waals surface area contributed by atoms with Crippen LogP contribution in [0, 0.1) is 13.8 Å². The van der Waals surface area contributed by atoms with Crippen LogP contribution in [0.25, 0.3) is 0 Å². The number of methoxy groups -OCH3 is 6. The molecule has 0 N–H and O–H groups in total. The zero-order valence-corrected chi connectivity index (χ0v) is 83.1. The summed E-state index contributed by atoms with van der Waals surface area (Å²) >= 11 is 0. The molecule has 0 radical (unpaired) electrons. The van der Waals surface area contributed by atoms with Gasteiger partial charge < -0.3 is 52.1 Å². The fourth-order valence-corrected chi connectivity index (χ4v) is 20.1. The van der Waals surface area contributed by atoms with Crippen molar-refractivity contribution >= 4 is 127 Å². The standard InChI is InChI=1S/C23H24NO3P.2C23H24NO2P.2C22H22NO2P/c1-24-15-18-11-7-8-12-21(18)28-22-14-19(25-2)13-20(26-3)23(22)27-16-17-9-5-4-6-10-17;1-17-9-7-12-19(15-24-2)23(17)27-21-14-8-13-20(25-3)22(21)26-16-18-10-5-4-6-11-18;1-17-9-12-22(19(13-17)15-24-2)27-23-14-20(25-3)10-11-21(23)26-16-18-7-5-4-6-8-18;1-23-15-18-11-6-7-13-20(18)26-21-14-8-12-19(24-2)22(21)25-16-17-9-4-3-5-10-17;1-23-15-18-10-6-7-11-21(18)26-22-14-19(24-2)12-13-20(22)25-16-17-8-4-3-5-9-17/h4-15,28H,16H2,1-3H3;2*4-15,27H,16H2,1-3H3;2*3-15,26H,16H2,1-2H3. The summed E-state index contributed by atoms with van der Waals surface area (Å²) in [4.78, 5) is 20.9. The van der Waals surface area contributed by atoms with Gasteiger partial charge in [0, 0.05) is 110 Å². The number of para-hydroxylation sites is 2. The summed E-state index contributed by atoms with van der Waals surface area (Å²) in [5, 5.41) is 11.7. The highest BCUT2D eigenvalue weighted by Crippen LogP contribution is 2.38. The zero-order chi connectivity index (χ0) is 94.3. The second-order valence-corrected chi connectivity index (χ2v) is 36.5. The predicted octanol–water partition coefficient (Wildman–Crippen LogP) is 20.4. The van der Waals surface area contributed by atoms with Gasteiger partial charge in [-0.1, -0.05) is 328 Å². The van der Waals surface area contributed by atoms with Crippen molar-refractivity contribution in [3.05, 3.63) is 413 Å². The minimum atomic E-state index is 0.374. The molecule has 15 rings (SSSR count). The molecule has 0 spiro atoms. The molecule has 0 saturated heterocycles. The molecule has 15 aromatic carbocycles. The summed E-state index contributed by atoms with van der Waals surface area (Å²) in [7, 11) is 21.2. The van der Waals surface area contributed by atoms with Gasteiger partial charge in [-0.25, -0.2) is 0 Å². The number of hydrogen-bond donors (Lipinski definition) is 0. The number of hydrogen-bond acceptors (Lipinski definition) is 16. The van der Waals surface area contributed by atoms with Gasteiger partial charge in [-0.2, -0.15) is 0 Å². The van der Waals surface area contributed by atoms with E-state index >= 15 is 0 Å². The van der Waals surface area contributed by atoms with Crippen molar-refractivity contribution in [3.63, 3.8) is 0 Å². The maximum atomic E-state index is 6.21. The van der Waals surface area contributed by atoms with Gasteiger partial charge in [0.15, 0.2) is 34.5 Å². The van der Waals surface area contributed by atoms with E-state index in [1.54, 1.807) is 77.9 Å². The SMILES string of the molecule is CN=Cc1cc(C)ccc1Pc1cc(OC)ccc1OCc1ccccc1.CN=Cc1cccc(C)c1Pc1cccc(OC)c1OCc1ccccc1.CN=Cc1ccccc1Pc1cc(OC)cc(OC)c1OCc1ccccc1.CN=Cc1ccccc1Pc1cc(OC)ccc1OCc1ccccc1.CN=Cc1ccccc1Pc1cccc(OC)c1OCc1ccccc1. The molecule has 0 aromatic heterocycles. The van der Waals surface area contributed by atoms with Gasteiger partial charge in [0.25, 0.3) is 0 Å². The lowest BCUT2D eigenvalue weighted by Gasteiger charge is -2.17. The van der Waals surface area contributed by atoms with Gasteiger partial charge in [-0.15, -0.1) is 0 Å². The highest BCUT2D eigenvalue weighted by atomic mass is 31.1. The largest absolute Gasteiger partial charge is 0.497 e. The third kappa shape index (κ3) is 31.4. The molecule has 0 bridgehead atoms. The van der Waals surface area contributed by atoms with Crippen molar-refractivity contribution in [2.75, 3.05) is 77.9 Å². The fraction of sp³-hybridized carbons (Fsp3) is 0.159. The molecule has 0 amide bonds. The molecular weight excluding hydrogens is 1760 g/mol. The second-order valence-electron chi connectivity index (χ2n) is 29.9. The van der Waals surface area contributed by atoms with Crippen LogP contribution in [-0.4, -0.2) is 109 Å². The molecule has 0 heterocycles. The lowest BCUT2D eigenvalue weighted by molar-refractivity contribution is 0.286. The maximum Gasteiger partial charge on any atom is 0.169 e. The van der Waals surface area contributed by atoms with Crippen molar-refractivity contribution in [1.82, 2.24) is 0 Å². The molecule has 5 unspecified atom stereocenters. The minimum absolute atomic E-state index is 0.374. The summed E-state index contributed by atoms with van der Waals surface area (Å²) in [6.45, 7) is 6.82. The van der Waals surface area contributed by atoms with Gasteiger partial charge in [0.2, 0.25) is 0 Å². The molecule has 0 fully saturated rings. The summed E-state index contributed by atoms with van der Waals surface area (Å²) in [5.41, 5.74) is 13.8. The Morgan fingerprint density at radius 2 is 0.522 bits per heavy atom. The van der Waals surface area contributed by atoms with Crippen LogP contribution in [0.3, 0.4) is 0 Å². The number of rotatable bonds is 36. The van der Waals surface area contributed by atoms with E-state index in [4.69, 9.17) is 52.1 Å². The first-order valence-corrected chi connectivity index (χ1v) is 48.5. The Hall–Kier alpha value is -13.4. The van der Waals surface area contributed by atoms with Gasteiger partial charge in [0.05, 0.1) is 42.7 Å². The minimum Gasteiger partial charge on any atom is -0.497 e. The summed E-state index contributed by atoms with van der Waals surface area (Å²) in [6, 6.07) is 116. The summed E-state index contributed by atoms with van der Waals surface area (Å²) in [6.07, 6.45) is 9.50. The van der Waals surface area contributed by atoms with Gasteiger partial charge in [-0.05, 0) is 151 Å². The Morgan fingerprint density at radius 1 is 0.216 bits per heavy atom. The van der Waals surface area contributed by atoms with Crippen LogP contribution in [0.4, 0.5) is 0 Å². The second kappa shape index (κ2) is 55.8. The van der Waals surface area contributed by atoms with Gasteiger partial charge >= 0.3 is 0 Å². The average Bonchev–Trinajstić information content (AvgIpc) is 0.822. The molecule has 134 heavy (non-hydrogen) atoms. The van der Waals surface area contributed by atoms with Crippen LogP contribution in [0.1, 0.15) is 66.8 Å². The van der Waals surface area contributed by atoms with E-state index in [1.807, 2.05) is 219 Å². The smallest absolute Gasteiger partial charge is 0.169 e. The van der Waals surface area contributed by atoms with E-state index in [9.17, 15) is 0 Å². The highest BCUT2D eigenvalue weighted by Gasteiger charge is 2.21. The van der Waals surface area contributed by atoms with E-state index in [-0.39, 0.29) is 0 Å². The van der Waals surface area contributed by atoms with E-state index in [0.717, 1.165) is 140 Å². The number of aliphatic imine (C=N–C) groups is 5. The lowest BCUT2D eigenvalue weighted by Crippen LogP contribution is -2.15. The first-order valence-electron chi connectivity index (χ1n) is 43.5. The lowest BCUT2D eigenvalue weighted by atomic mass is 10.1. The van der Waals surface area contributed by atoms with Crippen LogP contribution in [-0.2, 0) is 33.0 Å². The fourth-order valence-electron chi connectivity index (χ4n) is 13.8. The molecule has 684 valence electrons. The van der Waals surface area contributed by atoms with Crippen molar-refractivity contribution < 1.29 is 52.1 Å². The Bertz CT molecular complexity index is 6250. The number of nitrogens with zero attached hydrogens (tertiary/aromatic N) is 5. The van der Waals surface area contributed by atoms with Crippen molar-refractivity contribution in [2.24, 2.45) is 25.0 Å². The molecule has 0 aliphatic rings.